The Morgan fingerprint density at radius 3 is 2.45 bits per heavy atom. The third-order valence-electron chi connectivity index (χ3n) is 9.77. The number of benzene rings is 2. The van der Waals surface area contributed by atoms with Crippen LogP contribution >= 0.6 is 0 Å². The number of sulfonamides is 1. The van der Waals surface area contributed by atoms with E-state index in [4.69, 9.17) is 4.74 Å². The topological polar surface area (TPSA) is 128 Å². The van der Waals surface area contributed by atoms with Crippen LogP contribution in [0.1, 0.15) is 63.0 Å². The normalized spacial score (nSPS) is 28.5. The molecule has 2 unspecified atom stereocenters. The summed E-state index contributed by atoms with van der Waals surface area (Å²) in [6, 6.07) is 5.89. The first kappa shape index (κ1) is 35.1. The van der Waals surface area contributed by atoms with Gasteiger partial charge in [0.15, 0.2) is 11.6 Å². The number of piperazine rings is 1. The zero-order valence-electron chi connectivity index (χ0n) is 26.8. The van der Waals surface area contributed by atoms with Crippen molar-refractivity contribution in [2.75, 3.05) is 31.2 Å². The van der Waals surface area contributed by atoms with Crippen molar-refractivity contribution < 1.29 is 41.0 Å². The number of anilines is 1. The quantitative estimate of drug-likeness (QED) is 0.350. The molecule has 3 fully saturated rings. The minimum absolute atomic E-state index is 0.0235. The first-order valence-electron chi connectivity index (χ1n) is 16.1. The number of nitrogens with zero attached hydrogens (tertiary/aromatic N) is 2. The van der Waals surface area contributed by atoms with Crippen molar-refractivity contribution in [3.8, 4) is 0 Å². The lowest BCUT2D eigenvalue weighted by Gasteiger charge is -2.42. The molecule has 2 bridgehead atoms. The molecule has 3 N–H and O–H groups in total. The summed E-state index contributed by atoms with van der Waals surface area (Å²) in [5.41, 5.74) is 0.374. The number of likely N-dealkylation sites (N-methyl/N-ethyl adjacent to an activating group) is 1. The average Bonchev–Trinajstić information content (AvgIpc) is 3.12. The van der Waals surface area contributed by atoms with Crippen LogP contribution in [0.15, 0.2) is 36.4 Å². The summed E-state index contributed by atoms with van der Waals surface area (Å²) in [6.45, 7) is 4.45. The fourth-order valence-electron chi connectivity index (χ4n) is 7.56. The summed E-state index contributed by atoms with van der Waals surface area (Å²) in [7, 11) is -2.25. The number of amides is 2. The van der Waals surface area contributed by atoms with E-state index in [0.29, 0.717) is 37.9 Å². The van der Waals surface area contributed by atoms with Crippen molar-refractivity contribution >= 4 is 27.7 Å². The van der Waals surface area contributed by atoms with Crippen LogP contribution in [0.5, 0.6) is 0 Å². The Labute approximate surface area is 273 Å². The maximum atomic E-state index is 15.4. The molecule has 2 amide bonds. The molecule has 258 valence electrons. The molecule has 0 aliphatic carbocycles. The monoisotopic (exact) mass is 680 g/mol. The number of fused-ring (bicyclic) bond motifs is 2. The largest absolute Gasteiger partial charge is 0.465 e. The van der Waals surface area contributed by atoms with Gasteiger partial charge in [0.1, 0.15) is 11.9 Å². The second-order valence-corrected chi connectivity index (χ2v) is 15.1. The fourth-order valence-corrected chi connectivity index (χ4v) is 9.37. The molecule has 0 aromatic heterocycles. The van der Waals surface area contributed by atoms with Crippen LogP contribution in [-0.2, 0) is 26.0 Å². The summed E-state index contributed by atoms with van der Waals surface area (Å²) in [4.78, 5) is 27.5. The van der Waals surface area contributed by atoms with Crippen molar-refractivity contribution in [2.24, 2.45) is 5.92 Å². The van der Waals surface area contributed by atoms with E-state index in [0.717, 1.165) is 17.4 Å². The van der Waals surface area contributed by atoms with E-state index in [-0.39, 0.29) is 54.0 Å². The SMILES string of the molecule is C[C@@H]1CC([C@H](c2ccc(F)cc2)[C@@H](C(=O)Nc2ccc(F)c(F)c2CC[C@H]2CN[C@@H]3CCCS(=O)(=O)N2C3)N(C)C(=O)O)C[C@H](C)O1. The molecule has 10 nitrogen and oxygen atoms in total. The van der Waals surface area contributed by atoms with Crippen LogP contribution in [-0.4, -0.2) is 91.0 Å². The summed E-state index contributed by atoms with van der Waals surface area (Å²) < 4.78 is 77.3. The molecule has 0 radical (unpaired) electrons. The molecule has 2 aromatic carbocycles. The number of carbonyl (C=O) groups excluding carboxylic acids is 1. The van der Waals surface area contributed by atoms with Gasteiger partial charge in [0.2, 0.25) is 15.9 Å². The standard InChI is InChI=1S/C33H43F3N4O6S/c1-19-15-22(16-20(2)46-19)29(21-6-8-23(34)9-7-21)31(39(3)33(42)43)32(41)38-28-13-12-27(35)30(36)26(28)11-10-25-17-37-24-5-4-14-47(44,45)40(25)18-24/h6-9,12-13,19-20,22,24-25,29,31,37H,4-5,10-11,14-18H2,1-3H3,(H,38,41)(H,42,43)/t19-,20+,22?,24-,25+,29+,31+/m1/s1. The number of carboxylic acid groups (broad SMARTS) is 1. The fraction of sp³-hybridized carbons (Fsp3) is 0.576. The summed E-state index contributed by atoms with van der Waals surface area (Å²) in [6.07, 6.45) is 0.627. The second kappa shape index (κ2) is 14.5. The number of halogens is 3. The zero-order chi connectivity index (χ0) is 34.0. The molecule has 14 heteroatoms. The van der Waals surface area contributed by atoms with Crippen LogP contribution in [0.2, 0.25) is 0 Å². The molecule has 0 spiro atoms. The van der Waals surface area contributed by atoms with Gasteiger partial charge in [0, 0.05) is 49.4 Å². The second-order valence-electron chi connectivity index (χ2n) is 13.1. The molecule has 0 saturated carbocycles. The predicted octanol–water partition coefficient (Wildman–Crippen LogP) is 4.71. The first-order valence-corrected chi connectivity index (χ1v) is 17.7. The van der Waals surface area contributed by atoms with E-state index in [2.05, 4.69) is 10.6 Å². The van der Waals surface area contributed by atoms with Gasteiger partial charge in [-0.3, -0.25) is 9.69 Å². The summed E-state index contributed by atoms with van der Waals surface area (Å²) >= 11 is 0. The van der Waals surface area contributed by atoms with Gasteiger partial charge in [-0.25, -0.2) is 26.4 Å². The minimum Gasteiger partial charge on any atom is -0.465 e. The number of rotatable bonds is 9. The van der Waals surface area contributed by atoms with Crippen molar-refractivity contribution in [1.82, 2.24) is 14.5 Å². The highest BCUT2D eigenvalue weighted by Crippen LogP contribution is 2.41. The van der Waals surface area contributed by atoms with Gasteiger partial charge in [0.25, 0.3) is 0 Å². The molecular formula is C33H43F3N4O6S. The third kappa shape index (κ3) is 7.93. The smallest absolute Gasteiger partial charge is 0.407 e. The molecule has 47 heavy (non-hydrogen) atoms. The highest BCUT2D eigenvalue weighted by Gasteiger charge is 2.43. The Morgan fingerprint density at radius 2 is 1.79 bits per heavy atom. The lowest BCUT2D eigenvalue weighted by molar-refractivity contribution is -0.123. The Balaban J connectivity index is 1.46. The van der Waals surface area contributed by atoms with E-state index in [1.807, 2.05) is 13.8 Å². The Hall–Kier alpha value is -3.20. The molecule has 3 saturated heterocycles. The summed E-state index contributed by atoms with van der Waals surface area (Å²) in [5, 5.41) is 16.1. The molecule has 8 atom stereocenters. The first-order chi connectivity index (χ1) is 22.2. The van der Waals surface area contributed by atoms with Gasteiger partial charge >= 0.3 is 6.09 Å². The predicted molar refractivity (Wildman–Crippen MR) is 170 cm³/mol. The number of hydrogen-bond acceptors (Lipinski definition) is 6. The van der Waals surface area contributed by atoms with E-state index in [1.165, 1.54) is 41.7 Å². The maximum Gasteiger partial charge on any atom is 0.407 e. The van der Waals surface area contributed by atoms with E-state index in [1.54, 1.807) is 0 Å². The lowest BCUT2D eigenvalue weighted by Crippen LogP contribution is -2.57. The van der Waals surface area contributed by atoms with E-state index >= 15 is 4.39 Å². The van der Waals surface area contributed by atoms with Gasteiger partial charge in [-0.15, -0.1) is 0 Å². The maximum absolute atomic E-state index is 15.4. The number of nitrogens with one attached hydrogen (secondary N) is 2. The van der Waals surface area contributed by atoms with Crippen molar-refractivity contribution in [2.45, 2.75) is 88.6 Å². The van der Waals surface area contributed by atoms with Gasteiger partial charge in [-0.05, 0) is 88.1 Å². The van der Waals surface area contributed by atoms with Gasteiger partial charge in [-0.2, -0.15) is 4.31 Å². The van der Waals surface area contributed by atoms with Crippen molar-refractivity contribution in [1.29, 1.82) is 0 Å². The Kier molecular flexibility index (Phi) is 10.8. The van der Waals surface area contributed by atoms with Crippen LogP contribution in [0.25, 0.3) is 0 Å². The molecule has 3 aliphatic heterocycles. The van der Waals surface area contributed by atoms with Crippen LogP contribution < -0.4 is 10.6 Å². The van der Waals surface area contributed by atoms with Crippen LogP contribution in [0.3, 0.4) is 0 Å². The van der Waals surface area contributed by atoms with Gasteiger partial charge in [0.05, 0.1) is 18.0 Å². The molecular weight excluding hydrogens is 637 g/mol. The van der Waals surface area contributed by atoms with Crippen molar-refractivity contribution in [3.63, 3.8) is 0 Å². The highest BCUT2D eigenvalue weighted by atomic mass is 32.2. The Morgan fingerprint density at radius 1 is 1.11 bits per heavy atom. The number of ether oxygens (including phenoxy) is 1. The Bertz CT molecular complexity index is 1550. The number of hydrogen-bond donors (Lipinski definition) is 3. The van der Waals surface area contributed by atoms with E-state index < -0.39 is 57.5 Å². The van der Waals surface area contributed by atoms with E-state index in [9.17, 15) is 31.9 Å². The molecule has 3 aliphatic rings. The molecule has 2 aromatic rings. The third-order valence-corrected chi connectivity index (χ3v) is 11.7. The van der Waals surface area contributed by atoms with Crippen LogP contribution in [0.4, 0.5) is 23.7 Å². The minimum atomic E-state index is -3.52. The van der Waals surface area contributed by atoms with Gasteiger partial charge < -0.3 is 20.5 Å². The van der Waals surface area contributed by atoms with Gasteiger partial charge in [-0.1, -0.05) is 12.1 Å². The highest BCUT2D eigenvalue weighted by molar-refractivity contribution is 7.89. The lowest BCUT2D eigenvalue weighted by atomic mass is 9.73. The van der Waals surface area contributed by atoms with Crippen molar-refractivity contribution in [3.05, 3.63) is 65.0 Å². The zero-order valence-corrected chi connectivity index (χ0v) is 27.6. The number of carbonyl (C=O) groups is 2. The molecule has 3 heterocycles. The molecule has 5 rings (SSSR count). The van der Waals surface area contributed by atoms with Crippen LogP contribution in [0, 0.1) is 23.4 Å². The summed E-state index contributed by atoms with van der Waals surface area (Å²) in [5.74, 6) is -4.50. The average molecular weight is 681 g/mol.